The first-order valence-corrected chi connectivity index (χ1v) is 8.26. The lowest BCUT2D eigenvalue weighted by molar-refractivity contribution is -0.131. The van der Waals surface area contributed by atoms with E-state index >= 15 is 0 Å². The number of aromatic nitrogens is 3. The number of rotatable bonds is 3. The minimum atomic E-state index is -0.141. The molecule has 0 saturated carbocycles. The molecule has 0 bridgehead atoms. The van der Waals surface area contributed by atoms with Gasteiger partial charge in [-0.2, -0.15) is 0 Å². The third-order valence-corrected chi connectivity index (χ3v) is 5.58. The minimum absolute atomic E-state index is 0.141. The Morgan fingerprint density at radius 1 is 1.55 bits per heavy atom. The maximum Gasteiger partial charge on any atom is 0.236 e. The number of aryl methyl sites for hydroxylation is 1. The zero-order valence-corrected chi connectivity index (χ0v) is 13.1. The zero-order valence-electron chi connectivity index (χ0n) is 11.4. The van der Waals surface area contributed by atoms with Crippen molar-refractivity contribution < 1.29 is 4.79 Å². The lowest BCUT2D eigenvalue weighted by Gasteiger charge is -2.29. The highest BCUT2D eigenvalue weighted by Crippen LogP contribution is 2.27. The molecule has 2 aromatic rings. The third-order valence-electron chi connectivity index (χ3n) is 3.42. The molecule has 7 heteroatoms. The van der Waals surface area contributed by atoms with Crippen LogP contribution in [0.15, 0.2) is 22.9 Å². The van der Waals surface area contributed by atoms with Gasteiger partial charge in [-0.15, -0.1) is 21.5 Å². The molecule has 0 fully saturated rings. The van der Waals surface area contributed by atoms with E-state index in [0.29, 0.717) is 0 Å². The van der Waals surface area contributed by atoms with Crippen molar-refractivity contribution in [1.29, 1.82) is 0 Å². The van der Waals surface area contributed by atoms with Gasteiger partial charge in [0.2, 0.25) is 5.91 Å². The van der Waals surface area contributed by atoms with Crippen molar-refractivity contribution in [2.45, 2.75) is 30.3 Å². The summed E-state index contributed by atoms with van der Waals surface area (Å²) < 4.78 is 1.83. The summed E-state index contributed by atoms with van der Waals surface area (Å²) in [5.41, 5.74) is 1.30. The van der Waals surface area contributed by atoms with Crippen molar-refractivity contribution in [3.63, 3.8) is 0 Å². The topological polar surface area (TPSA) is 51.0 Å². The van der Waals surface area contributed by atoms with Crippen LogP contribution in [0.5, 0.6) is 0 Å². The second-order valence-corrected chi connectivity index (χ2v) is 7.17. The Bertz CT molecular complexity index is 621. The van der Waals surface area contributed by atoms with Gasteiger partial charge >= 0.3 is 0 Å². The van der Waals surface area contributed by atoms with Crippen LogP contribution in [-0.2, 0) is 24.8 Å². The van der Waals surface area contributed by atoms with Crippen molar-refractivity contribution in [1.82, 2.24) is 19.7 Å². The van der Waals surface area contributed by atoms with E-state index < -0.39 is 0 Å². The lowest BCUT2D eigenvalue weighted by atomic mass is 10.1. The third kappa shape index (κ3) is 2.60. The highest BCUT2D eigenvalue weighted by Gasteiger charge is 2.26. The minimum Gasteiger partial charge on any atom is -0.337 e. The molecule has 1 amide bonds. The molecule has 0 N–H and O–H groups in total. The number of thioether (sulfide) groups is 1. The summed E-state index contributed by atoms with van der Waals surface area (Å²) in [6.07, 6.45) is 2.62. The van der Waals surface area contributed by atoms with Crippen LogP contribution in [0.1, 0.15) is 17.4 Å². The van der Waals surface area contributed by atoms with E-state index in [0.717, 1.165) is 24.7 Å². The molecule has 0 aromatic carbocycles. The van der Waals surface area contributed by atoms with Gasteiger partial charge in [0.25, 0.3) is 0 Å². The van der Waals surface area contributed by atoms with Gasteiger partial charge < -0.3 is 9.47 Å². The summed E-state index contributed by atoms with van der Waals surface area (Å²) in [7, 11) is 1.89. The number of fused-ring (bicyclic) bond motifs is 1. The molecule has 1 aliphatic rings. The summed E-state index contributed by atoms with van der Waals surface area (Å²) in [5.74, 6) is 0.176. The predicted molar refractivity (Wildman–Crippen MR) is 79.8 cm³/mol. The Morgan fingerprint density at radius 3 is 3.15 bits per heavy atom. The van der Waals surface area contributed by atoms with Gasteiger partial charge in [0, 0.05) is 25.0 Å². The van der Waals surface area contributed by atoms with Gasteiger partial charge in [0.05, 0.1) is 5.25 Å². The van der Waals surface area contributed by atoms with Gasteiger partial charge in [-0.1, -0.05) is 11.8 Å². The SMILES string of the molecule is CC(Sc1nncn1C)C(=O)N1CCc2sccc2C1. The maximum absolute atomic E-state index is 12.5. The van der Waals surface area contributed by atoms with Crippen LogP contribution in [0, 0.1) is 0 Å². The van der Waals surface area contributed by atoms with Gasteiger partial charge in [-0.05, 0) is 30.4 Å². The van der Waals surface area contributed by atoms with E-state index in [9.17, 15) is 4.79 Å². The number of carbonyl (C=O) groups excluding carboxylic acids is 1. The molecule has 0 spiro atoms. The quantitative estimate of drug-likeness (QED) is 0.813. The number of amides is 1. The number of carbonyl (C=O) groups is 1. The molecule has 1 unspecified atom stereocenters. The zero-order chi connectivity index (χ0) is 14.1. The van der Waals surface area contributed by atoms with Gasteiger partial charge in [0.1, 0.15) is 6.33 Å². The molecular weight excluding hydrogens is 292 g/mol. The van der Waals surface area contributed by atoms with Crippen molar-refractivity contribution in [3.8, 4) is 0 Å². The average Bonchev–Trinajstić information content (AvgIpc) is 3.06. The van der Waals surface area contributed by atoms with Crippen LogP contribution in [0.25, 0.3) is 0 Å². The van der Waals surface area contributed by atoms with Gasteiger partial charge in [-0.3, -0.25) is 4.79 Å². The standard InChI is InChI=1S/C13H16N4OS2/c1-9(20-13-15-14-8-16(13)2)12(18)17-5-3-11-10(7-17)4-6-19-11/h4,6,8-9H,3,5,7H2,1-2H3. The van der Waals surface area contributed by atoms with Crippen LogP contribution in [-0.4, -0.2) is 37.4 Å². The molecule has 0 aliphatic carbocycles. The molecular formula is C13H16N4OS2. The van der Waals surface area contributed by atoms with Gasteiger partial charge in [0.15, 0.2) is 5.16 Å². The fourth-order valence-corrected chi connectivity index (χ4v) is 4.05. The first kappa shape index (κ1) is 13.6. The number of nitrogens with zero attached hydrogens (tertiary/aromatic N) is 4. The fourth-order valence-electron chi connectivity index (χ4n) is 2.28. The molecule has 20 heavy (non-hydrogen) atoms. The predicted octanol–water partition coefficient (Wildman–Crippen LogP) is 1.94. The Kier molecular flexibility index (Phi) is 3.80. The largest absolute Gasteiger partial charge is 0.337 e. The van der Waals surface area contributed by atoms with E-state index in [1.54, 1.807) is 17.7 Å². The van der Waals surface area contributed by atoms with Crippen LogP contribution >= 0.6 is 23.1 Å². The second-order valence-electron chi connectivity index (χ2n) is 4.86. The molecule has 106 valence electrons. The molecule has 3 heterocycles. The lowest BCUT2D eigenvalue weighted by Crippen LogP contribution is -2.39. The van der Waals surface area contributed by atoms with Crippen LogP contribution in [0.3, 0.4) is 0 Å². The van der Waals surface area contributed by atoms with Crippen molar-refractivity contribution in [2.24, 2.45) is 7.05 Å². The molecule has 3 rings (SSSR count). The van der Waals surface area contributed by atoms with E-state index in [4.69, 9.17) is 0 Å². The highest BCUT2D eigenvalue weighted by molar-refractivity contribution is 8.00. The van der Waals surface area contributed by atoms with E-state index in [1.165, 1.54) is 22.2 Å². The van der Waals surface area contributed by atoms with Crippen molar-refractivity contribution in [2.75, 3.05) is 6.54 Å². The first-order valence-electron chi connectivity index (χ1n) is 6.50. The van der Waals surface area contributed by atoms with Crippen LogP contribution in [0.2, 0.25) is 0 Å². The van der Waals surface area contributed by atoms with E-state index in [-0.39, 0.29) is 11.2 Å². The molecule has 5 nitrogen and oxygen atoms in total. The molecule has 0 saturated heterocycles. The van der Waals surface area contributed by atoms with Gasteiger partial charge in [-0.25, -0.2) is 0 Å². The molecule has 1 atom stereocenters. The summed E-state index contributed by atoms with van der Waals surface area (Å²) in [4.78, 5) is 15.9. The summed E-state index contributed by atoms with van der Waals surface area (Å²) in [6, 6.07) is 2.12. The number of hydrogen-bond donors (Lipinski definition) is 0. The van der Waals surface area contributed by atoms with Crippen molar-refractivity contribution in [3.05, 3.63) is 28.2 Å². The number of thiophene rings is 1. The molecule has 2 aromatic heterocycles. The molecule has 0 radical (unpaired) electrons. The Labute approximate surface area is 126 Å². The summed E-state index contributed by atoms with van der Waals surface area (Å²) in [6.45, 7) is 3.49. The number of hydrogen-bond acceptors (Lipinski definition) is 5. The summed E-state index contributed by atoms with van der Waals surface area (Å²) in [5, 5.41) is 10.6. The van der Waals surface area contributed by atoms with E-state index in [2.05, 4.69) is 21.6 Å². The highest BCUT2D eigenvalue weighted by atomic mass is 32.2. The smallest absolute Gasteiger partial charge is 0.236 e. The Morgan fingerprint density at radius 2 is 2.40 bits per heavy atom. The Balaban J connectivity index is 1.66. The molecule has 1 aliphatic heterocycles. The second kappa shape index (κ2) is 5.57. The average molecular weight is 308 g/mol. The van der Waals surface area contributed by atoms with Crippen molar-refractivity contribution >= 4 is 29.0 Å². The summed E-state index contributed by atoms with van der Waals surface area (Å²) >= 11 is 3.25. The first-order chi connectivity index (χ1) is 9.65. The maximum atomic E-state index is 12.5. The monoisotopic (exact) mass is 308 g/mol. The fraction of sp³-hybridized carbons (Fsp3) is 0.462. The normalized spacial score (nSPS) is 16.0. The van der Waals surface area contributed by atoms with E-state index in [1.807, 2.05) is 23.4 Å². The van der Waals surface area contributed by atoms with Crippen LogP contribution < -0.4 is 0 Å². The Hall–Kier alpha value is -1.34. The van der Waals surface area contributed by atoms with Crippen LogP contribution in [0.4, 0.5) is 0 Å².